The number of esters is 4. The predicted molar refractivity (Wildman–Crippen MR) is 404 cm³/mol. The Balaban J connectivity index is 5.28. The Labute approximate surface area is 605 Å². The van der Waals surface area contributed by atoms with Gasteiger partial charge in [-0.1, -0.05) is 348 Å². The maximum absolute atomic E-state index is 13.1. The maximum atomic E-state index is 13.1. The zero-order valence-corrected chi connectivity index (χ0v) is 65.9. The number of rotatable bonds is 78. The molecule has 99 heavy (non-hydrogen) atoms. The number of hydrogen-bond acceptors (Lipinski definition) is 15. The highest BCUT2D eigenvalue weighted by Gasteiger charge is 2.30. The van der Waals surface area contributed by atoms with Crippen molar-refractivity contribution in [3.8, 4) is 0 Å². The molecule has 0 aromatic rings. The topological polar surface area (TPSA) is 237 Å². The molecule has 0 aliphatic rings. The van der Waals surface area contributed by atoms with Crippen molar-refractivity contribution in [1.82, 2.24) is 0 Å². The van der Waals surface area contributed by atoms with Crippen LogP contribution in [0.5, 0.6) is 0 Å². The lowest BCUT2D eigenvalue weighted by Gasteiger charge is -2.21. The number of aliphatic hydroxyl groups excluding tert-OH is 1. The van der Waals surface area contributed by atoms with Gasteiger partial charge in [0.25, 0.3) is 0 Å². The molecule has 0 aliphatic heterocycles. The average molecular weight is 1450 g/mol. The molecule has 0 spiro atoms. The van der Waals surface area contributed by atoms with Crippen LogP contribution in [0.2, 0.25) is 0 Å². The number of phosphoric acid groups is 2. The van der Waals surface area contributed by atoms with Gasteiger partial charge in [0.1, 0.15) is 19.3 Å². The third-order valence-corrected chi connectivity index (χ3v) is 20.1. The Bertz CT molecular complexity index is 1990. The number of ether oxygens (including phenoxy) is 4. The number of unbranched alkanes of at least 4 members (excludes halogenated alkanes) is 47. The van der Waals surface area contributed by atoms with Crippen molar-refractivity contribution in [2.24, 2.45) is 5.92 Å². The van der Waals surface area contributed by atoms with Crippen molar-refractivity contribution in [1.29, 1.82) is 0 Å². The van der Waals surface area contributed by atoms with Crippen molar-refractivity contribution < 1.29 is 80.2 Å². The summed E-state index contributed by atoms with van der Waals surface area (Å²) in [6.45, 7) is 7.22. The molecule has 2 unspecified atom stereocenters. The second-order valence-electron chi connectivity index (χ2n) is 28.6. The summed E-state index contributed by atoms with van der Waals surface area (Å²) in [5.74, 6) is -1.41. The van der Waals surface area contributed by atoms with E-state index in [2.05, 4.69) is 58.9 Å². The minimum Gasteiger partial charge on any atom is -0.462 e. The summed E-state index contributed by atoms with van der Waals surface area (Å²) < 4.78 is 68.6. The van der Waals surface area contributed by atoms with Gasteiger partial charge in [0.15, 0.2) is 12.2 Å². The van der Waals surface area contributed by atoms with E-state index in [-0.39, 0.29) is 25.7 Å². The van der Waals surface area contributed by atoms with Gasteiger partial charge in [-0.25, -0.2) is 9.13 Å². The van der Waals surface area contributed by atoms with Crippen molar-refractivity contribution in [2.75, 3.05) is 39.6 Å². The first-order valence-corrected chi connectivity index (χ1v) is 43.9. The Morgan fingerprint density at radius 1 is 0.313 bits per heavy atom. The van der Waals surface area contributed by atoms with Gasteiger partial charge in [-0.2, -0.15) is 0 Å². The first kappa shape index (κ1) is 96.5. The molecule has 17 nitrogen and oxygen atoms in total. The molecule has 5 atom stereocenters. The van der Waals surface area contributed by atoms with Gasteiger partial charge < -0.3 is 33.8 Å². The molecule has 0 heterocycles. The van der Waals surface area contributed by atoms with Crippen LogP contribution in [0.25, 0.3) is 0 Å². The second-order valence-corrected chi connectivity index (χ2v) is 31.5. The van der Waals surface area contributed by atoms with Crippen LogP contribution in [0.1, 0.15) is 401 Å². The lowest BCUT2D eigenvalue weighted by atomic mass is 10.0. The molecule has 0 rings (SSSR count). The highest BCUT2D eigenvalue weighted by atomic mass is 31.2. The van der Waals surface area contributed by atoms with Crippen molar-refractivity contribution in [3.05, 3.63) is 24.3 Å². The van der Waals surface area contributed by atoms with E-state index in [4.69, 9.17) is 37.0 Å². The first-order valence-electron chi connectivity index (χ1n) is 41.0. The van der Waals surface area contributed by atoms with E-state index in [0.29, 0.717) is 25.7 Å². The predicted octanol–water partition coefficient (Wildman–Crippen LogP) is 23.6. The highest BCUT2D eigenvalue weighted by Crippen LogP contribution is 2.45. The lowest BCUT2D eigenvalue weighted by Crippen LogP contribution is -2.30. The standard InChI is InChI=1S/C80H152O17P2/c1-6-9-12-15-18-21-24-27-30-31-32-33-35-38-41-44-51-56-61-66-80(85)96-75(69-90-77(82)63-58-53-48-42-39-37-34-28-25-22-19-16-13-10-7-2)71-94-98(86,87)92-67-74(81)68-93-99(88,89)95-72-76(70-91-78(83)64-59-54-49-46-45-47-52-57-62-73(4)5)97-79(84)65-60-55-50-43-40-36-29-26-23-20-17-14-11-8-3/h22,25,28,34,73-76,81H,6-21,23-24,26-27,29-33,35-72H2,1-5H3,(H,86,87)(H,88,89)/b25-22-,34-28-/t74-,75-,76-/m1/s1. The molecule has 0 radical (unpaired) electrons. The number of hydrogen-bond donors (Lipinski definition) is 3. The van der Waals surface area contributed by atoms with Crippen LogP contribution in [0, 0.1) is 5.92 Å². The second kappa shape index (κ2) is 72.5. The summed E-state index contributed by atoms with van der Waals surface area (Å²) in [7, 11) is -9.93. The van der Waals surface area contributed by atoms with E-state index in [9.17, 15) is 43.2 Å². The summed E-state index contributed by atoms with van der Waals surface area (Å²) in [5.41, 5.74) is 0. The Morgan fingerprint density at radius 2 is 0.545 bits per heavy atom. The SMILES string of the molecule is CCCCCC/C=C\C=C/CCCCCCCC(=O)OC[C@H](COP(=O)(O)OC[C@@H](O)COP(=O)(O)OC[C@@H](COC(=O)CCCCCCCCCCC(C)C)OC(=O)CCCCCCCCCCCCCCCC)OC(=O)CCCCCCCCCCCCCCCCCCCCC. The van der Waals surface area contributed by atoms with E-state index in [1.165, 1.54) is 205 Å². The van der Waals surface area contributed by atoms with E-state index in [0.717, 1.165) is 115 Å². The molecule has 3 N–H and O–H groups in total. The number of allylic oxidation sites excluding steroid dienone is 4. The average Bonchev–Trinajstić information content (AvgIpc) is 1.26. The molecule has 0 aromatic heterocycles. The molecule has 0 amide bonds. The van der Waals surface area contributed by atoms with Crippen LogP contribution in [0.4, 0.5) is 0 Å². The van der Waals surface area contributed by atoms with Gasteiger partial charge in [0, 0.05) is 25.7 Å². The molecule has 0 bridgehead atoms. The number of aliphatic hydroxyl groups is 1. The van der Waals surface area contributed by atoms with Gasteiger partial charge in [-0.3, -0.25) is 37.3 Å². The number of carbonyl (C=O) groups excluding carboxylic acids is 4. The molecule has 0 fully saturated rings. The Kier molecular flexibility index (Phi) is 70.7. The van der Waals surface area contributed by atoms with Crippen molar-refractivity contribution >= 4 is 39.5 Å². The van der Waals surface area contributed by atoms with Crippen LogP contribution in [0.15, 0.2) is 24.3 Å². The summed E-state index contributed by atoms with van der Waals surface area (Å²) >= 11 is 0. The van der Waals surface area contributed by atoms with E-state index in [1.54, 1.807) is 0 Å². The minimum absolute atomic E-state index is 0.102. The van der Waals surface area contributed by atoms with Crippen LogP contribution in [-0.2, 0) is 65.4 Å². The maximum Gasteiger partial charge on any atom is 0.472 e. The van der Waals surface area contributed by atoms with Gasteiger partial charge in [0.2, 0.25) is 0 Å². The summed E-state index contributed by atoms with van der Waals surface area (Å²) in [6.07, 6.45) is 66.0. The molecule has 584 valence electrons. The zero-order chi connectivity index (χ0) is 72.7. The van der Waals surface area contributed by atoms with Gasteiger partial charge in [-0.15, -0.1) is 0 Å². The minimum atomic E-state index is -4.97. The summed E-state index contributed by atoms with van der Waals surface area (Å²) in [5, 5.41) is 10.6. The first-order chi connectivity index (χ1) is 48.0. The van der Waals surface area contributed by atoms with Crippen LogP contribution >= 0.6 is 15.6 Å². The summed E-state index contributed by atoms with van der Waals surface area (Å²) in [4.78, 5) is 73.0. The molecular weight excluding hydrogens is 1290 g/mol. The third-order valence-electron chi connectivity index (χ3n) is 18.2. The molecule has 19 heteroatoms. The molecule has 0 aliphatic carbocycles. The Hall–Kier alpha value is -2.46. The fourth-order valence-corrected chi connectivity index (χ4v) is 13.4. The quantitative estimate of drug-likeness (QED) is 0.0169. The van der Waals surface area contributed by atoms with Gasteiger partial charge in [-0.05, 0) is 57.3 Å². The summed E-state index contributed by atoms with van der Waals surface area (Å²) in [6, 6.07) is 0. The van der Waals surface area contributed by atoms with E-state index >= 15 is 0 Å². The van der Waals surface area contributed by atoms with Crippen LogP contribution in [-0.4, -0.2) is 96.7 Å². The fourth-order valence-electron chi connectivity index (χ4n) is 11.9. The third kappa shape index (κ3) is 73.6. The molecular formula is C80H152O17P2. The Morgan fingerprint density at radius 3 is 0.828 bits per heavy atom. The van der Waals surface area contributed by atoms with Crippen molar-refractivity contribution in [2.45, 2.75) is 419 Å². The zero-order valence-electron chi connectivity index (χ0n) is 64.1. The highest BCUT2D eigenvalue weighted by molar-refractivity contribution is 7.47. The molecule has 0 saturated heterocycles. The fraction of sp³-hybridized carbons (Fsp3) is 0.900. The molecule has 0 saturated carbocycles. The van der Waals surface area contributed by atoms with Gasteiger partial charge in [0.05, 0.1) is 26.4 Å². The van der Waals surface area contributed by atoms with Crippen LogP contribution in [0.3, 0.4) is 0 Å². The van der Waals surface area contributed by atoms with Gasteiger partial charge >= 0.3 is 39.5 Å². The lowest BCUT2D eigenvalue weighted by molar-refractivity contribution is -0.161. The monoisotopic (exact) mass is 1450 g/mol. The number of carbonyl (C=O) groups is 4. The normalized spacial score (nSPS) is 14.0. The number of phosphoric ester groups is 2. The molecule has 0 aromatic carbocycles. The largest absolute Gasteiger partial charge is 0.472 e. The smallest absolute Gasteiger partial charge is 0.462 e. The van der Waals surface area contributed by atoms with E-state index < -0.39 is 97.5 Å². The van der Waals surface area contributed by atoms with E-state index in [1.807, 2.05) is 0 Å². The van der Waals surface area contributed by atoms with Crippen molar-refractivity contribution in [3.63, 3.8) is 0 Å². The van der Waals surface area contributed by atoms with Crippen LogP contribution < -0.4 is 0 Å².